The number of nitrogens with one attached hydrogen (secondary N) is 1. The predicted molar refractivity (Wildman–Crippen MR) is 66.5 cm³/mol. The molecule has 0 rings (SSSR count). The first-order valence-corrected chi connectivity index (χ1v) is 5.25. The maximum Gasteiger partial charge on any atom is 2.00 e. The molecule has 4 nitrogen and oxygen atoms in total. The standard InChI is InChI=1S/C9H17NO3.C2H5.BrH.Mg/c1-3-8(11)5-4-7(2)6-10-9(12)13;1-2;;/h7,10H,3-6H2,1-2H3,(H,12,13);1H2,2H3;1H;/q;-1;;+2/p-1/t7-;;;/m0.../s1. The molecule has 0 aromatic rings. The molecule has 0 bridgehead atoms. The molecule has 0 heterocycles. The van der Waals surface area contributed by atoms with Crippen LogP contribution < -0.4 is 22.3 Å². The topological polar surface area (TPSA) is 66.4 Å². The molecule has 0 aliphatic rings. The Hall–Kier alpha value is 0.186. The number of halogens is 1. The third-order valence-corrected chi connectivity index (χ3v) is 1.91. The van der Waals surface area contributed by atoms with Gasteiger partial charge >= 0.3 is 29.1 Å². The van der Waals surface area contributed by atoms with E-state index >= 15 is 0 Å². The van der Waals surface area contributed by atoms with Gasteiger partial charge in [0.1, 0.15) is 5.78 Å². The second-order valence-corrected chi connectivity index (χ2v) is 3.22. The summed E-state index contributed by atoms with van der Waals surface area (Å²) in [5.74, 6) is 0.466. The fourth-order valence-electron chi connectivity index (χ4n) is 0.948. The third-order valence-electron chi connectivity index (χ3n) is 1.91. The minimum absolute atomic E-state index is 0. The van der Waals surface area contributed by atoms with E-state index in [0.717, 1.165) is 6.42 Å². The van der Waals surface area contributed by atoms with Gasteiger partial charge in [-0.05, 0) is 12.3 Å². The molecule has 17 heavy (non-hydrogen) atoms. The van der Waals surface area contributed by atoms with Crippen molar-refractivity contribution < 1.29 is 31.7 Å². The van der Waals surface area contributed by atoms with Crippen LogP contribution in [0.15, 0.2) is 0 Å². The molecule has 0 spiro atoms. The molecule has 0 aromatic heterocycles. The van der Waals surface area contributed by atoms with Crippen molar-refractivity contribution in [2.75, 3.05) is 6.54 Å². The van der Waals surface area contributed by atoms with Crippen LogP contribution in [0.3, 0.4) is 0 Å². The van der Waals surface area contributed by atoms with Crippen LogP contribution in [0.4, 0.5) is 4.79 Å². The Kier molecular flexibility index (Phi) is 28.3. The first kappa shape index (κ1) is 25.9. The Morgan fingerprint density at radius 2 is 1.82 bits per heavy atom. The third kappa shape index (κ3) is 21.9. The van der Waals surface area contributed by atoms with Crippen LogP contribution in [0.5, 0.6) is 0 Å². The van der Waals surface area contributed by atoms with Gasteiger partial charge in [-0.2, -0.15) is 6.92 Å². The maximum atomic E-state index is 10.9. The van der Waals surface area contributed by atoms with E-state index in [4.69, 9.17) is 5.11 Å². The molecule has 0 fully saturated rings. The van der Waals surface area contributed by atoms with Crippen molar-refractivity contribution in [2.24, 2.45) is 5.92 Å². The van der Waals surface area contributed by atoms with Crippen molar-refractivity contribution in [1.82, 2.24) is 5.32 Å². The molecule has 1 amide bonds. The molecule has 98 valence electrons. The normalized spacial score (nSPS) is 9.65. The zero-order chi connectivity index (χ0) is 12.3. The molecule has 6 heteroatoms. The number of rotatable bonds is 6. The Morgan fingerprint density at radius 1 is 1.35 bits per heavy atom. The van der Waals surface area contributed by atoms with Crippen LogP contribution >= 0.6 is 0 Å². The van der Waals surface area contributed by atoms with Gasteiger partial charge in [0.15, 0.2) is 0 Å². The smallest absolute Gasteiger partial charge is 1.00 e. The van der Waals surface area contributed by atoms with E-state index in [1.165, 1.54) is 0 Å². The minimum Gasteiger partial charge on any atom is -1.00 e. The summed E-state index contributed by atoms with van der Waals surface area (Å²) in [5, 5.41) is 10.6. The van der Waals surface area contributed by atoms with E-state index in [9.17, 15) is 9.59 Å². The zero-order valence-electron chi connectivity index (χ0n) is 11.0. The number of amides is 1. The molecule has 0 aromatic carbocycles. The van der Waals surface area contributed by atoms with Gasteiger partial charge in [0, 0.05) is 19.4 Å². The molecular weight excluding hydrogens is 298 g/mol. The van der Waals surface area contributed by atoms with Crippen molar-refractivity contribution in [1.29, 1.82) is 0 Å². The summed E-state index contributed by atoms with van der Waals surface area (Å²) >= 11 is 0. The summed E-state index contributed by atoms with van der Waals surface area (Å²) < 4.78 is 0. The molecule has 0 saturated carbocycles. The maximum absolute atomic E-state index is 10.9. The van der Waals surface area contributed by atoms with Gasteiger partial charge in [0.2, 0.25) is 0 Å². The molecule has 2 N–H and O–H groups in total. The number of ketones is 1. The predicted octanol–water partition coefficient (Wildman–Crippen LogP) is -0.887. The van der Waals surface area contributed by atoms with Crippen LogP contribution in [-0.4, -0.2) is 46.6 Å². The van der Waals surface area contributed by atoms with Crippen molar-refractivity contribution >= 4 is 34.9 Å². The van der Waals surface area contributed by atoms with Crippen LogP contribution in [0.1, 0.15) is 40.0 Å². The second kappa shape index (κ2) is 18.5. The van der Waals surface area contributed by atoms with Crippen molar-refractivity contribution in [2.45, 2.75) is 40.0 Å². The fraction of sp³-hybridized carbons (Fsp3) is 0.727. The first-order valence-electron chi connectivity index (χ1n) is 5.25. The molecular formula is C11H22BrMgNO3. The largest absolute Gasteiger partial charge is 2.00 e. The molecule has 0 unspecified atom stereocenters. The molecule has 0 aliphatic heterocycles. The molecule has 0 saturated heterocycles. The second-order valence-electron chi connectivity index (χ2n) is 3.22. The van der Waals surface area contributed by atoms with Gasteiger partial charge in [-0.15, -0.1) is 0 Å². The van der Waals surface area contributed by atoms with Crippen LogP contribution in [0, 0.1) is 12.8 Å². The Balaban J connectivity index is -0.000000199. The quantitative estimate of drug-likeness (QED) is 0.493. The van der Waals surface area contributed by atoms with E-state index in [0.29, 0.717) is 19.4 Å². The summed E-state index contributed by atoms with van der Waals surface area (Å²) in [5.41, 5.74) is 0. The Morgan fingerprint density at radius 3 is 2.18 bits per heavy atom. The zero-order valence-corrected chi connectivity index (χ0v) is 14.0. The number of carboxylic acid groups (broad SMARTS) is 1. The number of Topliss-reactive ketones (excluding diaryl/α,β-unsaturated/α-hetero) is 1. The number of hydrogen-bond acceptors (Lipinski definition) is 2. The fourth-order valence-corrected chi connectivity index (χ4v) is 0.948. The van der Waals surface area contributed by atoms with Crippen molar-refractivity contribution in [3.8, 4) is 0 Å². The summed E-state index contributed by atoms with van der Waals surface area (Å²) in [6.45, 7) is 9.19. The summed E-state index contributed by atoms with van der Waals surface area (Å²) in [7, 11) is 0. The minimum atomic E-state index is -1.01. The number of carbonyl (C=O) groups is 2. The van der Waals surface area contributed by atoms with Crippen LogP contribution in [-0.2, 0) is 4.79 Å². The molecule has 1 atom stereocenters. The van der Waals surface area contributed by atoms with Gasteiger partial charge in [-0.25, -0.2) is 4.79 Å². The summed E-state index contributed by atoms with van der Waals surface area (Å²) in [4.78, 5) is 21.0. The van der Waals surface area contributed by atoms with Crippen LogP contribution in [0.2, 0.25) is 0 Å². The van der Waals surface area contributed by atoms with Gasteiger partial charge in [-0.1, -0.05) is 13.8 Å². The van der Waals surface area contributed by atoms with Crippen molar-refractivity contribution in [3.63, 3.8) is 0 Å². The number of carbonyl (C=O) groups excluding carboxylic acids is 1. The molecule has 0 radical (unpaired) electrons. The monoisotopic (exact) mass is 319 g/mol. The average Bonchev–Trinajstić information content (AvgIpc) is 2.25. The van der Waals surface area contributed by atoms with Gasteiger partial charge in [0.25, 0.3) is 0 Å². The molecule has 0 aliphatic carbocycles. The SMILES string of the molecule is CCC(=O)CC[C@H](C)CNC(=O)O.[Br-].[CH2-]C.[Mg+2]. The average molecular weight is 321 g/mol. The van der Waals surface area contributed by atoms with E-state index in [1.54, 1.807) is 6.92 Å². The first-order chi connectivity index (χ1) is 7.06. The van der Waals surface area contributed by atoms with E-state index in [-0.39, 0.29) is 51.7 Å². The van der Waals surface area contributed by atoms with Crippen LogP contribution in [0.25, 0.3) is 0 Å². The Bertz CT molecular complexity index is 192. The summed E-state index contributed by atoms with van der Waals surface area (Å²) in [6, 6.07) is 0. The van der Waals surface area contributed by atoms with Crippen molar-refractivity contribution in [3.05, 3.63) is 6.92 Å². The van der Waals surface area contributed by atoms with E-state index < -0.39 is 6.09 Å². The Labute approximate surface area is 131 Å². The van der Waals surface area contributed by atoms with Gasteiger partial charge < -0.3 is 34.3 Å². The van der Waals surface area contributed by atoms with Gasteiger partial charge in [-0.3, -0.25) is 4.79 Å². The van der Waals surface area contributed by atoms with E-state index in [1.807, 2.05) is 13.8 Å². The van der Waals surface area contributed by atoms with Gasteiger partial charge in [0.05, 0.1) is 0 Å². The van der Waals surface area contributed by atoms with E-state index in [2.05, 4.69) is 12.2 Å². The summed E-state index contributed by atoms with van der Waals surface area (Å²) in [6.07, 6.45) is 0.874. The number of hydrogen-bond donors (Lipinski definition) is 2.